The first-order valence-corrected chi connectivity index (χ1v) is 7.64. The number of hydrogen-bond acceptors (Lipinski definition) is 4. The highest BCUT2D eigenvalue weighted by atomic mass is 16.6. The van der Waals surface area contributed by atoms with Gasteiger partial charge in [-0.2, -0.15) is 0 Å². The summed E-state index contributed by atoms with van der Waals surface area (Å²) in [4.78, 5) is 13.1. The summed E-state index contributed by atoms with van der Waals surface area (Å²) in [5.74, 6) is 0. The van der Waals surface area contributed by atoms with Gasteiger partial charge in [0.05, 0.1) is 11.0 Å². The van der Waals surface area contributed by atoms with Crippen molar-refractivity contribution in [3.8, 4) is 0 Å². The van der Waals surface area contributed by atoms with E-state index in [1.807, 2.05) is 0 Å². The average Bonchev–Trinajstić information content (AvgIpc) is 2.91. The van der Waals surface area contributed by atoms with Crippen LogP contribution in [0.25, 0.3) is 0 Å². The molecule has 0 amide bonds. The molecule has 116 valence electrons. The van der Waals surface area contributed by atoms with Crippen molar-refractivity contribution in [1.82, 2.24) is 0 Å². The molecule has 5 nitrogen and oxygen atoms in total. The Bertz CT molecular complexity index is 524. The Morgan fingerprint density at radius 1 is 1.43 bits per heavy atom. The van der Waals surface area contributed by atoms with Crippen molar-refractivity contribution in [2.24, 2.45) is 5.41 Å². The number of rotatable bonds is 5. The van der Waals surface area contributed by atoms with E-state index in [9.17, 15) is 15.2 Å². The molecular formula is C16H24N2O3. The van der Waals surface area contributed by atoms with Crippen molar-refractivity contribution < 1.29 is 10.0 Å². The van der Waals surface area contributed by atoms with Gasteiger partial charge in [0.25, 0.3) is 5.69 Å². The summed E-state index contributed by atoms with van der Waals surface area (Å²) in [6.07, 6.45) is 2.58. The fraction of sp³-hybridized carbons (Fsp3) is 0.625. The molecule has 0 bridgehead atoms. The summed E-state index contributed by atoms with van der Waals surface area (Å²) in [5, 5.41) is 21.0. The van der Waals surface area contributed by atoms with E-state index in [1.54, 1.807) is 19.1 Å². The maximum absolute atomic E-state index is 11.4. The molecule has 1 aliphatic heterocycles. The quantitative estimate of drug-likeness (QED) is 0.664. The predicted octanol–water partition coefficient (Wildman–Crippen LogP) is 3.66. The lowest BCUT2D eigenvalue weighted by Crippen LogP contribution is -2.26. The second-order valence-corrected chi connectivity index (χ2v) is 6.06. The Morgan fingerprint density at radius 3 is 2.57 bits per heavy atom. The smallest absolute Gasteiger partial charge is 0.292 e. The number of nitro groups is 1. The number of aliphatic hydroxyl groups is 1. The zero-order chi connectivity index (χ0) is 15.6. The lowest BCUT2D eigenvalue weighted by atomic mass is 9.82. The van der Waals surface area contributed by atoms with Gasteiger partial charge in [-0.1, -0.05) is 19.9 Å². The van der Waals surface area contributed by atoms with Gasteiger partial charge >= 0.3 is 0 Å². The summed E-state index contributed by atoms with van der Waals surface area (Å²) in [5.41, 5.74) is 1.63. The minimum absolute atomic E-state index is 0.0939. The number of nitro benzene ring substituents is 1. The number of benzene rings is 1. The van der Waals surface area contributed by atoms with Gasteiger partial charge in [0.1, 0.15) is 5.69 Å². The van der Waals surface area contributed by atoms with Crippen LogP contribution in [-0.4, -0.2) is 23.1 Å². The van der Waals surface area contributed by atoms with Crippen LogP contribution in [0.3, 0.4) is 0 Å². The van der Waals surface area contributed by atoms with E-state index in [-0.39, 0.29) is 16.0 Å². The molecule has 5 heteroatoms. The van der Waals surface area contributed by atoms with Crippen LogP contribution in [-0.2, 0) is 0 Å². The first-order chi connectivity index (χ1) is 9.92. The molecule has 0 spiro atoms. The Labute approximate surface area is 125 Å². The largest absolute Gasteiger partial charge is 0.389 e. The van der Waals surface area contributed by atoms with Crippen LogP contribution < -0.4 is 4.90 Å². The van der Waals surface area contributed by atoms with Crippen molar-refractivity contribution in [2.45, 2.75) is 46.1 Å². The third kappa shape index (κ3) is 3.02. The molecule has 1 N–H and O–H groups in total. The van der Waals surface area contributed by atoms with Gasteiger partial charge in [-0.25, -0.2) is 0 Å². The molecule has 1 aromatic rings. The SMILES string of the molecule is CCC1(CC)CCN(c2ccc([C@@H](C)O)cc2[N+](=O)[O-])C1. The Morgan fingerprint density at radius 2 is 2.10 bits per heavy atom. The minimum Gasteiger partial charge on any atom is -0.389 e. The van der Waals surface area contributed by atoms with Crippen LogP contribution in [0.1, 0.15) is 51.7 Å². The van der Waals surface area contributed by atoms with Crippen molar-refractivity contribution in [2.75, 3.05) is 18.0 Å². The van der Waals surface area contributed by atoms with E-state index in [2.05, 4.69) is 18.7 Å². The molecule has 0 aromatic heterocycles. The topological polar surface area (TPSA) is 66.6 Å². The van der Waals surface area contributed by atoms with Crippen LogP contribution in [0.5, 0.6) is 0 Å². The van der Waals surface area contributed by atoms with Crippen LogP contribution in [0.2, 0.25) is 0 Å². The molecule has 21 heavy (non-hydrogen) atoms. The van der Waals surface area contributed by atoms with Crippen molar-refractivity contribution >= 4 is 11.4 Å². The van der Waals surface area contributed by atoms with Crippen molar-refractivity contribution in [3.63, 3.8) is 0 Å². The van der Waals surface area contributed by atoms with Gasteiger partial charge in [-0.05, 0) is 43.2 Å². The first kappa shape index (κ1) is 15.8. The highest BCUT2D eigenvalue weighted by molar-refractivity contribution is 5.65. The van der Waals surface area contributed by atoms with Crippen molar-refractivity contribution in [1.29, 1.82) is 0 Å². The monoisotopic (exact) mass is 292 g/mol. The maximum atomic E-state index is 11.4. The van der Waals surface area contributed by atoms with E-state index in [0.717, 1.165) is 32.4 Å². The van der Waals surface area contributed by atoms with Crippen LogP contribution in [0.15, 0.2) is 18.2 Å². The summed E-state index contributed by atoms with van der Waals surface area (Å²) in [7, 11) is 0. The predicted molar refractivity (Wildman–Crippen MR) is 83.6 cm³/mol. The van der Waals surface area contributed by atoms with Gasteiger partial charge in [0.2, 0.25) is 0 Å². The highest BCUT2D eigenvalue weighted by Gasteiger charge is 2.37. The normalized spacial score (nSPS) is 18.8. The summed E-state index contributed by atoms with van der Waals surface area (Å²) in [6.45, 7) is 7.73. The maximum Gasteiger partial charge on any atom is 0.292 e. The van der Waals surface area contributed by atoms with E-state index in [1.165, 1.54) is 6.07 Å². The summed E-state index contributed by atoms with van der Waals surface area (Å²) < 4.78 is 0. The number of nitrogens with zero attached hydrogens (tertiary/aromatic N) is 2. The lowest BCUT2D eigenvalue weighted by Gasteiger charge is -2.27. The van der Waals surface area contributed by atoms with Crippen molar-refractivity contribution in [3.05, 3.63) is 33.9 Å². The van der Waals surface area contributed by atoms with E-state index < -0.39 is 6.10 Å². The molecule has 1 fully saturated rings. The van der Waals surface area contributed by atoms with Crippen LogP contribution in [0, 0.1) is 15.5 Å². The average molecular weight is 292 g/mol. The number of aliphatic hydroxyl groups excluding tert-OH is 1. The third-order valence-corrected chi connectivity index (χ3v) is 4.96. The Kier molecular flexibility index (Phi) is 4.52. The molecule has 1 aliphatic rings. The highest BCUT2D eigenvalue weighted by Crippen LogP contribution is 2.42. The molecule has 1 saturated heterocycles. The lowest BCUT2D eigenvalue weighted by molar-refractivity contribution is -0.384. The zero-order valence-corrected chi connectivity index (χ0v) is 13.0. The molecular weight excluding hydrogens is 268 g/mol. The molecule has 0 aliphatic carbocycles. The Balaban J connectivity index is 2.34. The molecule has 0 radical (unpaired) electrons. The molecule has 1 atom stereocenters. The molecule has 2 rings (SSSR count). The molecule has 1 aromatic carbocycles. The zero-order valence-electron chi connectivity index (χ0n) is 13.0. The molecule has 1 heterocycles. The van der Waals surface area contributed by atoms with E-state index >= 15 is 0 Å². The van der Waals surface area contributed by atoms with Gasteiger partial charge in [-0.3, -0.25) is 10.1 Å². The second-order valence-electron chi connectivity index (χ2n) is 6.06. The first-order valence-electron chi connectivity index (χ1n) is 7.64. The summed E-state index contributed by atoms with van der Waals surface area (Å²) >= 11 is 0. The fourth-order valence-electron chi connectivity index (χ4n) is 3.18. The third-order valence-electron chi connectivity index (χ3n) is 4.96. The molecule has 0 unspecified atom stereocenters. The van der Waals surface area contributed by atoms with Gasteiger partial charge in [0, 0.05) is 19.2 Å². The number of hydrogen-bond donors (Lipinski definition) is 1. The minimum atomic E-state index is -0.693. The fourth-order valence-corrected chi connectivity index (χ4v) is 3.18. The van der Waals surface area contributed by atoms with E-state index in [4.69, 9.17) is 0 Å². The molecule has 0 saturated carbocycles. The van der Waals surface area contributed by atoms with Crippen LogP contribution >= 0.6 is 0 Å². The van der Waals surface area contributed by atoms with Gasteiger partial charge in [0.15, 0.2) is 0 Å². The standard InChI is InChI=1S/C16H24N2O3/c1-4-16(5-2)8-9-17(11-16)14-7-6-13(12(3)19)10-15(14)18(20)21/h6-7,10,12,19H,4-5,8-9,11H2,1-3H3/t12-/m1/s1. The number of anilines is 1. The summed E-state index contributed by atoms with van der Waals surface area (Å²) in [6, 6.07) is 5.06. The Hall–Kier alpha value is -1.62. The second kappa shape index (κ2) is 6.02. The van der Waals surface area contributed by atoms with Crippen LogP contribution in [0.4, 0.5) is 11.4 Å². The van der Waals surface area contributed by atoms with Gasteiger partial charge < -0.3 is 10.0 Å². The van der Waals surface area contributed by atoms with E-state index in [0.29, 0.717) is 11.3 Å². The van der Waals surface area contributed by atoms with Gasteiger partial charge in [-0.15, -0.1) is 0 Å².